The first-order valence-electron chi connectivity index (χ1n) is 9.55. The number of aromatic nitrogens is 1. The van der Waals surface area contributed by atoms with Gasteiger partial charge in [0.1, 0.15) is 12.4 Å². The molecule has 0 spiro atoms. The Bertz CT molecular complexity index is 1110. The van der Waals surface area contributed by atoms with Crippen molar-refractivity contribution in [2.24, 2.45) is 0 Å². The van der Waals surface area contributed by atoms with E-state index in [0.717, 1.165) is 6.42 Å². The predicted molar refractivity (Wildman–Crippen MR) is 107 cm³/mol. The zero-order valence-corrected chi connectivity index (χ0v) is 16.0. The van der Waals surface area contributed by atoms with Gasteiger partial charge >= 0.3 is 0 Å². The van der Waals surface area contributed by atoms with E-state index >= 15 is 0 Å². The fraction of sp³-hybridized carbons (Fsp3) is 0.273. The number of carbonyl (C=O) groups excluding carboxylic acids is 1. The minimum Gasteiger partial charge on any atom is -0.486 e. The van der Waals surface area contributed by atoms with Crippen molar-refractivity contribution in [1.29, 1.82) is 0 Å². The largest absolute Gasteiger partial charge is 0.486 e. The maximum atomic E-state index is 13.6. The van der Waals surface area contributed by atoms with Crippen molar-refractivity contribution in [3.63, 3.8) is 0 Å². The van der Waals surface area contributed by atoms with E-state index in [-0.39, 0.29) is 17.6 Å². The SMILES string of the molecule is CCCN(CC1COc2ccccc2O1)C(=O)c1cc(=O)[nH]c2cc(F)ccc12. The molecule has 1 aliphatic rings. The van der Waals surface area contributed by atoms with Crippen molar-refractivity contribution in [2.75, 3.05) is 19.7 Å². The van der Waals surface area contributed by atoms with Gasteiger partial charge in [0.25, 0.3) is 5.91 Å². The number of nitrogens with one attached hydrogen (secondary N) is 1. The number of H-pyrrole nitrogens is 1. The number of fused-ring (bicyclic) bond motifs is 2. The van der Waals surface area contributed by atoms with Crippen LogP contribution in [0.5, 0.6) is 11.5 Å². The molecule has 1 aliphatic heterocycles. The number of hydrogen-bond donors (Lipinski definition) is 1. The average Bonchev–Trinajstić information content (AvgIpc) is 2.72. The number of pyridine rings is 1. The molecule has 7 heteroatoms. The number of para-hydroxylation sites is 2. The summed E-state index contributed by atoms with van der Waals surface area (Å²) in [6.45, 7) is 3.11. The summed E-state index contributed by atoms with van der Waals surface area (Å²) in [7, 11) is 0. The molecular formula is C22H21FN2O4. The monoisotopic (exact) mass is 396 g/mol. The molecule has 29 heavy (non-hydrogen) atoms. The van der Waals surface area contributed by atoms with Crippen LogP contribution in [-0.4, -0.2) is 41.6 Å². The Morgan fingerprint density at radius 2 is 2.00 bits per heavy atom. The molecule has 3 aromatic rings. The molecule has 0 saturated carbocycles. The maximum absolute atomic E-state index is 13.6. The Kier molecular flexibility index (Phi) is 5.20. The van der Waals surface area contributed by atoms with Crippen LogP contribution in [0.3, 0.4) is 0 Å². The van der Waals surface area contributed by atoms with Gasteiger partial charge in [-0.25, -0.2) is 4.39 Å². The number of halogens is 1. The minimum atomic E-state index is -0.477. The molecular weight excluding hydrogens is 375 g/mol. The molecule has 0 bridgehead atoms. The summed E-state index contributed by atoms with van der Waals surface area (Å²) in [6, 6.07) is 12.7. The van der Waals surface area contributed by atoms with Gasteiger partial charge in [-0.3, -0.25) is 9.59 Å². The van der Waals surface area contributed by atoms with E-state index in [9.17, 15) is 14.0 Å². The van der Waals surface area contributed by atoms with E-state index in [1.165, 1.54) is 24.3 Å². The van der Waals surface area contributed by atoms with Crippen LogP contribution in [0.15, 0.2) is 53.3 Å². The first-order chi connectivity index (χ1) is 14.0. The zero-order chi connectivity index (χ0) is 20.4. The lowest BCUT2D eigenvalue weighted by molar-refractivity contribution is 0.0464. The average molecular weight is 396 g/mol. The molecule has 1 aromatic heterocycles. The number of amides is 1. The lowest BCUT2D eigenvalue weighted by atomic mass is 10.1. The highest BCUT2D eigenvalue weighted by molar-refractivity contribution is 6.06. The number of nitrogens with zero attached hydrogens (tertiary/aromatic N) is 1. The molecule has 0 fully saturated rings. The number of carbonyl (C=O) groups is 1. The van der Waals surface area contributed by atoms with Gasteiger partial charge in [-0.1, -0.05) is 19.1 Å². The van der Waals surface area contributed by atoms with Gasteiger partial charge in [0.05, 0.1) is 17.6 Å². The van der Waals surface area contributed by atoms with E-state index < -0.39 is 11.4 Å². The van der Waals surface area contributed by atoms with Crippen molar-refractivity contribution in [3.8, 4) is 11.5 Å². The number of rotatable bonds is 5. The van der Waals surface area contributed by atoms with Crippen LogP contribution in [-0.2, 0) is 0 Å². The predicted octanol–water partition coefficient (Wildman–Crippen LogP) is 3.36. The Balaban J connectivity index is 1.62. The second-order valence-corrected chi connectivity index (χ2v) is 6.99. The summed E-state index contributed by atoms with van der Waals surface area (Å²) in [5.74, 6) is 0.552. The van der Waals surface area contributed by atoms with Crippen molar-refractivity contribution < 1.29 is 18.7 Å². The van der Waals surface area contributed by atoms with Gasteiger partial charge in [0, 0.05) is 18.0 Å². The third-order valence-corrected chi connectivity index (χ3v) is 4.81. The van der Waals surface area contributed by atoms with Crippen LogP contribution in [0, 0.1) is 5.82 Å². The van der Waals surface area contributed by atoms with Gasteiger partial charge < -0.3 is 19.4 Å². The standard InChI is InChI=1S/C22H21FN2O4/c1-2-9-25(12-15-13-28-19-5-3-4-6-20(19)29-15)22(27)17-11-21(26)24-18-10-14(23)7-8-16(17)18/h3-8,10-11,15H,2,9,12-13H2,1H3,(H,24,26). The molecule has 2 aromatic carbocycles. The van der Waals surface area contributed by atoms with Gasteiger partial charge in [-0.2, -0.15) is 0 Å². The number of benzene rings is 2. The zero-order valence-electron chi connectivity index (χ0n) is 16.0. The molecule has 1 atom stereocenters. The minimum absolute atomic E-state index is 0.245. The van der Waals surface area contributed by atoms with Crippen molar-refractivity contribution >= 4 is 16.8 Å². The summed E-state index contributed by atoms with van der Waals surface area (Å²) < 4.78 is 25.3. The number of ether oxygens (including phenoxy) is 2. The highest BCUT2D eigenvalue weighted by Crippen LogP contribution is 2.31. The summed E-state index contributed by atoms with van der Waals surface area (Å²) in [4.78, 5) is 29.6. The van der Waals surface area contributed by atoms with Gasteiger partial charge in [-0.15, -0.1) is 0 Å². The molecule has 1 amide bonds. The van der Waals surface area contributed by atoms with E-state index in [2.05, 4.69) is 4.98 Å². The fourth-order valence-electron chi connectivity index (χ4n) is 3.52. The smallest absolute Gasteiger partial charge is 0.254 e. The van der Waals surface area contributed by atoms with E-state index in [0.29, 0.717) is 42.1 Å². The summed E-state index contributed by atoms with van der Waals surface area (Å²) in [6.07, 6.45) is 0.414. The molecule has 6 nitrogen and oxygen atoms in total. The van der Waals surface area contributed by atoms with Crippen LogP contribution in [0.2, 0.25) is 0 Å². The molecule has 150 valence electrons. The molecule has 0 saturated heterocycles. The van der Waals surface area contributed by atoms with Crippen LogP contribution in [0.25, 0.3) is 10.9 Å². The first kappa shape index (κ1) is 19.0. The second kappa shape index (κ2) is 7.95. The van der Waals surface area contributed by atoms with E-state index in [1.807, 2.05) is 31.2 Å². The van der Waals surface area contributed by atoms with Crippen LogP contribution >= 0.6 is 0 Å². The third kappa shape index (κ3) is 3.94. The van der Waals surface area contributed by atoms with Gasteiger partial charge in [0.2, 0.25) is 5.56 Å². The quantitative estimate of drug-likeness (QED) is 0.718. The lowest BCUT2D eigenvalue weighted by Crippen LogP contribution is -2.44. The van der Waals surface area contributed by atoms with Gasteiger partial charge in [-0.05, 0) is 36.8 Å². The van der Waals surface area contributed by atoms with Crippen LogP contribution < -0.4 is 15.0 Å². The molecule has 1 N–H and O–H groups in total. The Hall–Kier alpha value is -3.35. The van der Waals surface area contributed by atoms with Crippen molar-refractivity contribution in [2.45, 2.75) is 19.4 Å². The Labute approximate surface area is 166 Å². The third-order valence-electron chi connectivity index (χ3n) is 4.81. The summed E-state index contributed by atoms with van der Waals surface area (Å²) in [5.41, 5.74) is 0.0897. The van der Waals surface area contributed by atoms with Crippen LogP contribution in [0.4, 0.5) is 4.39 Å². The van der Waals surface area contributed by atoms with Gasteiger partial charge in [0.15, 0.2) is 17.6 Å². The summed E-state index contributed by atoms with van der Waals surface area (Å²) in [5, 5.41) is 0.503. The van der Waals surface area contributed by atoms with Crippen LogP contribution in [0.1, 0.15) is 23.7 Å². The lowest BCUT2D eigenvalue weighted by Gasteiger charge is -2.31. The molecule has 0 aliphatic carbocycles. The topological polar surface area (TPSA) is 71.6 Å². The Morgan fingerprint density at radius 1 is 1.21 bits per heavy atom. The summed E-state index contributed by atoms with van der Waals surface area (Å²) >= 11 is 0. The van der Waals surface area contributed by atoms with E-state index in [1.54, 1.807) is 4.90 Å². The Morgan fingerprint density at radius 3 is 2.79 bits per heavy atom. The highest BCUT2D eigenvalue weighted by Gasteiger charge is 2.26. The van der Waals surface area contributed by atoms with Crippen molar-refractivity contribution in [3.05, 3.63) is 70.3 Å². The normalized spacial score (nSPS) is 15.3. The second-order valence-electron chi connectivity index (χ2n) is 6.99. The molecule has 4 rings (SSSR count). The number of hydrogen-bond acceptors (Lipinski definition) is 4. The van der Waals surface area contributed by atoms with Crippen molar-refractivity contribution in [1.82, 2.24) is 9.88 Å². The highest BCUT2D eigenvalue weighted by atomic mass is 19.1. The molecule has 0 radical (unpaired) electrons. The maximum Gasteiger partial charge on any atom is 0.254 e. The molecule has 2 heterocycles. The first-order valence-corrected chi connectivity index (χ1v) is 9.55. The number of aromatic amines is 1. The molecule has 1 unspecified atom stereocenters. The van der Waals surface area contributed by atoms with E-state index in [4.69, 9.17) is 9.47 Å². The fourth-order valence-corrected chi connectivity index (χ4v) is 3.52.